The Morgan fingerprint density at radius 2 is 1.28 bits per heavy atom. The number of carbonyl (C=O) groups is 1. The third-order valence-corrected chi connectivity index (χ3v) is 8.75. The van der Waals surface area contributed by atoms with Crippen molar-refractivity contribution in [1.82, 2.24) is 9.97 Å². The number of aliphatic hydroxyl groups excluding tert-OH is 1. The van der Waals surface area contributed by atoms with E-state index in [4.69, 9.17) is 0 Å². The first-order valence-corrected chi connectivity index (χ1v) is 17.9. The number of rotatable bonds is 4. The molecule has 54 heavy (non-hydrogen) atoms. The molecule has 1 N–H and O–H groups in total. The van der Waals surface area contributed by atoms with E-state index in [1.807, 2.05) is 96.3 Å². The van der Waals surface area contributed by atoms with Gasteiger partial charge in [-0.05, 0) is 57.6 Å². The van der Waals surface area contributed by atoms with Gasteiger partial charge in [0.25, 0.3) is 0 Å². The van der Waals surface area contributed by atoms with Crippen molar-refractivity contribution in [3.63, 3.8) is 0 Å². The van der Waals surface area contributed by atoms with Crippen molar-refractivity contribution in [2.75, 3.05) is 0 Å². The maximum Gasteiger partial charge on any atom is 0.164 e. The zero-order valence-electron chi connectivity index (χ0n) is 32.4. The van der Waals surface area contributed by atoms with Crippen molar-refractivity contribution in [2.24, 2.45) is 10.8 Å². The molecule has 0 unspecified atom stereocenters. The summed E-state index contributed by atoms with van der Waals surface area (Å²) in [5.74, 6) is 0.104. The van der Waals surface area contributed by atoms with Gasteiger partial charge in [-0.1, -0.05) is 127 Å². The minimum Gasteiger partial charge on any atom is -0.512 e. The van der Waals surface area contributed by atoms with Crippen LogP contribution in [0.1, 0.15) is 52.7 Å². The minimum atomic E-state index is -0.417. The summed E-state index contributed by atoms with van der Waals surface area (Å²) in [7, 11) is 0. The van der Waals surface area contributed by atoms with E-state index in [9.17, 15) is 9.90 Å². The van der Waals surface area contributed by atoms with E-state index in [1.54, 1.807) is 6.20 Å². The Balaban J connectivity index is 0.000000186. The molecule has 277 valence electrons. The zero-order valence-corrected chi connectivity index (χ0v) is 34.8. The summed E-state index contributed by atoms with van der Waals surface area (Å²) in [6.07, 6.45) is 5.03. The maximum atomic E-state index is 11.5. The third kappa shape index (κ3) is 10.9. The van der Waals surface area contributed by atoms with Gasteiger partial charge in [-0.2, -0.15) is 0 Å². The van der Waals surface area contributed by atoms with Crippen LogP contribution in [0.25, 0.3) is 55.2 Å². The number of fused-ring (bicyclic) bond motifs is 3. The SMILES string of the molecule is CC(C)(C)C(=O)/C=C(\O)C(C)(C)C.Cc1cc[c-]c(-c2nccc3c2ccc2cc(C)ccc23)c1.[Ir].[c-]1ccc(-c2ccccc2)cc1-c1ccccn1. The predicted molar refractivity (Wildman–Crippen MR) is 222 cm³/mol. The molecule has 1 radical (unpaired) electrons. The number of allylic oxidation sites excluding steroid dienone is 2. The first-order chi connectivity index (χ1) is 25.2. The number of aromatic nitrogens is 2. The number of pyridine rings is 2. The van der Waals surface area contributed by atoms with E-state index < -0.39 is 5.41 Å². The fourth-order valence-electron chi connectivity index (χ4n) is 5.55. The molecule has 2 aromatic heterocycles. The Morgan fingerprint density at radius 1 is 0.611 bits per heavy atom. The van der Waals surface area contributed by atoms with Crippen LogP contribution in [0.4, 0.5) is 0 Å². The van der Waals surface area contributed by atoms with Crippen LogP contribution in [0.15, 0.2) is 146 Å². The first kappa shape index (κ1) is 41.5. The van der Waals surface area contributed by atoms with E-state index >= 15 is 0 Å². The van der Waals surface area contributed by atoms with Crippen molar-refractivity contribution in [1.29, 1.82) is 0 Å². The Hall–Kier alpha value is -5.22. The smallest absolute Gasteiger partial charge is 0.164 e. The van der Waals surface area contributed by atoms with Crippen LogP contribution in [-0.4, -0.2) is 20.9 Å². The van der Waals surface area contributed by atoms with Crippen molar-refractivity contribution < 1.29 is 30.0 Å². The molecule has 4 nitrogen and oxygen atoms in total. The first-order valence-electron chi connectivity index (χ1n) is 17.9. The molecule has 2 heterocycles. The molecule has 0 saturated carbocycles. The average molecular weight is 889 g/mol. The number of aliphatic hydroxyl groups is 1. The Bertz CT molecular complexity index is 2300. The number of hydrogen-bond acceptors (Lipinski definition) is 4. The monoisotopic (exact) mass is 889 g/mol. The van der Waals surface area contributed by atoms with Crippen molar-refractivity contribution >= 4 is 27.3 Å². The molecule has 0 saturated heterocycles. The molecule has 0 bridgehead atoms. The molecule has 0 spiro atoms. The second-order valence-corrected chi connectivity index (χ2v) is 15.3. The van der Waals surface area contributed by atoms with Gasteiger partial charge in [0.15, 0.2) is 5.78 Å². The van der Waals surface area contributed by atoms with Gasteiger partial charge in [0, 0.05) is 49.4 Å². The molecular weight excluding hydrogens is 841 g/mol. The standard InChI is InChI=1S/C21H16N.C17H12N.C11H20O2.Ir/c1-14-4-3-5-17(13-14)21-20-9-7-16-12-15(2)6-8-18(16)19(20)10-11-22-21;1-2-7-14(8-3-1)15-9-6-10-16(13-15)17-11-4-5-12-18-17;1-10(2,3)8(12)7-9(13)11(4,5)6;/h3-4,6-13H,1-2H3;1-9,11-13H;7,12H,1-6H3;/q2*-1;;/b;;8-7-;. The summed E-state index contributed by atoms with van der Waals surface area (Å²) in [4.78, 5) is 20.4. The molecule has 5 aromatic carbocycles. The summed E-state index contributed by atoms with van der Waals surface area (Å²) in [6.45, 7) is 15.3. The Kier molecular flexibility index (Phi) is 14.0. The van der Waals surface area contributed by atoms with Gasteiger partial charge in [0.2, 0.25) is 0 Å². The quantitative estimate of drug-likeness (QED) is 0.0828. The van der Waals surface area contributed by atoms with Gasteiger partial charge in [-0.25, -0.2) is 0 Å². The fourth-order valence-corrected chi connectivity index (χ4v) is 5.55. The summed E-state index contributed by atoms with van der Waals surface area (Å²) < 4.78 is 0. The number of carbonyl (C=O) groups excluding carboxylic acids is 1. The van der Waals surface area contributed by atoms with Gasteiger partial charge in [0.05, 0.1) is 0 Å². The van der Waals surface area contributed by atoms with Gasteiger partial charge >= 0.3 is 0 Å². The second kappa shape index (κ2) is 18.2. The minimum absolute atomic E-state index is 0. The van der Waals surface area contributed by atoms with E-state index in [0.717, 1.165) is 22.5 Å². The fraction of sp³-hybridized carbons (Fsp3) is 0.204. The van der Waals surface area contributed by atoms with Gasteiger partial charge in [-0.3, -0.25) is 4.79 Å². The van der Waals surface area contributed by atoms with E-state index in [0.29, 0.717) is 0 Å². The van der Waals surface area contributed by atoms with Crippen LogP contribution in [-0.2, 0) is 24.9 Å². The Labute approximate surface area is 334 Å². The predicted octanol–water partition coefficient (Wildman–Crippen LogP) is 12.8. The number of hydrogen-bond donors (Lipinski definition) is 1. The molecule has 0 aliphatic heterocycles. The van der Waals surface area contributed by atoms with Crippen molar-refractivity contribution in [2.45, 2.75) is 55.4 Å². The topological polar surface area (TPSA) is 63.1 Å². The van der Waals surface area contributed by atoms with Crippen molar-refractivity contribution in [3.8, 4) is 33.6 Å². The van der Waals surface area contributed by atoms with Crippen LogP contribution in [0.2, 0.25) is 0 Å². The molecular formula is C49H48IrN2O2-2. The number of aryl methyl sites for hydroxylation is 2. The summed E-state index contributed by atoms with van der Waals surface area (Å²) in [6, 6.07) is 48.2. The van der Waals surface area contributed by atoms with Crippen LogP contribution >= 0.6 is 0 Å². The van der Waals surface area contributed by atoms with Gasteiger partial charge < -0.3 is 15.1 Å². The van der Waals surface area contributed by atoms with Crippen LogP contribution in [0.3, 0.4) is 0 Å². The maximum absolute atomic E-state index is 11.5. The van der Waals surface area contributed by atoms with E-state index in [-0.39, 0.29) is 37.1 Å². The number of nitrogens with zero attached hydrogens (tertiary/aromatic N) is 2. The van der Waals surface area contributed by atoms with Crippen LogP contribution in [0.5, 0.6) is 0 Å². The molecule has 0 atom stereocenters. The molecule has 7 aromatic rings. The average Bonchev–Trinajstić information content (AvgIpc) is 3.15. The van der Waals surface area contributed by atoms with E-state index in [2.05, 4.69) is 109 Å². The molecule has 0 fully saturated rings. The van der Waals surface area contributed by atoms with Gasteiger partial charge in [0.1, 0.15) is 5.76 Å². The third-order valence-electron chi connectivity index (χ3n) is 8.75. The zero-order chi connectivity index (χ0) is 38.2. The van der Waals surface area contributed by atoms with E-state index in [1.165, 1.54) is 49.9 Å². The normalized spacial score (nSPS) is 11.4. The molecule has 7 rings (SSSR count). The van der Waals surface area contributed by atoms with Crippen LogP contribution < -0.4 is 0 Å². The number of ketones is 1. The Morgan fingerprint density at radius 3 is 1.94 bits per heavy atom. The largest absolute Gasteiger partial charge is 0.512 e. The molecule has 0 aliphatic carbocycles. The summed E-state index contributed by atoms with van der Waals surface area (Å²) >= 11 is 0. The van der Waals surface area contributed by atoms with Gasteiger partial charge in [-0.15, -0.1) is 70.8 Å². The summed E-state index contributed by atoms with van der Waals surface area (Å²) in [5.41, 5.74) is 8.18. The summed E-state index contributed by atoms with van der Waals surface area (Å²) in [5, 5.41) is 14.5. The van der Waals surface area contributed by atoms with Crippen molar-refractivity contribution in [3.05, 3.63) is 169 Å². The number of benzene rings is 5. The second-order valence-electron chi connectivity index (χ2n) is 15.3. The molecule has 5 heteroatoms. The molecule has 0 aliphatic rings. The van der Waals surface area contributed by atoms with Crippen LogP contribution in [0, 0.1) is 36.8 Å². The molecule has 0 amide bonds.